The lowest BCUT2D eigenvalue weighted by Crippen LogP contribution is -2.39. The second kappa shape index (κ2) is 11.8. The Kier molecular flexibility index (Phi) is 7.87. The smallest absolute Gasteiger partial charge is 0.275 e. The monoisotopic (exact) mass is 634 g/mol. The molecule has 1 fully saturated rings. The Morgan fingerprint density at radius 1 is 1.00 bits per heavy atom. The first-order valence-corrected chi connectivity index (χ1v) is 16.0. The van der Waals surface area contributed by atoms with E-state index in [0.29, 0.717) is 41.5 Å². The summed E-state index contributed by atoms with van der Waals surface area (Å²) in [5.74, 6) is -1.61. The number of nitrogens with zero attached hydrogens (tertiary/aromatic N) is 2. The minimum atomic E-state index is -3.73. The van der Waals surface area contributed by atoms with E-state index < -0.39 is 27.6 Å². The molecule has 45 heavy (non-hydrogen) atoms. The number of benzene rings is 3. The summed E-state index contributed by atoms with van der Waals surface area (Å²) in [6.07, 6.45) is 3.53. The number of amides is 2. The van der Waals surface area contributed by atoms with Gasteiger partial charge in [-0.3, -0.25) is 14.3 Å². The zero-order chi connectivity index (χ0) is 31.9. The number of fused-ring (bicyclic) bond motifs is 1. The number of halogens is 2. The van der Waals surface area contributed by atoms with Gasteiger partial charge < -0.3 is 19.1 Å². The molecule has 0 bridgehead atoms. The number of anilines is 1. The molecule has 1 aliphatic rings. The van der Waals surface area contributed by atoms with Crippen molar-refractivity contribution >= 4 is 38.5 Å². The summed E-state index contributed by atoms with van der Waals surface area (Å²) in [4.78, 5) is 32.6. The van der Waals surface area contributed by atoms with Crippen LogP contribution in [0, 0.1) is 11.6 Å². The molecule has 5 aromatic rings. The molecule has 1 aliphatic heterocycles. The van der Waals surface area contributed by atoms with Crippen molar-refractivity contribution in [2.24, 2.45) is 0 Å². The van der Waals surface area contributed by atoms with E-state index in [0.717, 1.165) is 6.26 Å². The molecule has 10 nitrogen and oxygen atoms in total. The first-order valence-electron chi connectivity index (χ1n) is 14.1. The normalized spacial score (nSPS) is 15.3. The van der Waals surface area contributed by atoms with E-state index in [1.54, 1.807) is 11.0 Å². The Morgan fingerprint density at radius 3 is 2.31 bits per heavy atom. The molecule has 0 spiro atoms. The molecule has 232 valence electrons. The Morgan fingerprint density at radius 2 is 1.67 bits per heavy atom. The Labute approximate surface area is 257 Å². The van der Waals surface area contributed by atoms with Gasteiger partial charge >= 0.3 is 0 Å². The van der Waals surface area contributed by atoms with E-state index in [4.69, 9.17) is 8.83 Å². The van der Waals surface area contributed by atoms with Crippen molar-refractivity contribution in [3.8, 4) is 22.8 Å². The third-order valence-electron chi connectivity index (χ3n) is 7.68. The van der Waals surface area contributed by atoms with E-state index in [1.807, 2.05) is 0 Å². The second-order valence-corrected chi connectivity index (χ2v) is 12.6. The number of carbonyl (C=O) groups is 2. The van der Waals surface area contributed by atoms with E-state index in [1.165, 1.54) is 67.9 Å². The van der Waals surface area contributed by atoms with Gasteiger partial charge in [-0.2, -0.15) is 0 Å². The molecule has 0 saturated carbocycles. The van der Waals surface area contributed by atoms with Gasteiger partial charge in [0.1, 0.15) is 29.2 Å². The van der Waals surface area contributed by atoms with Gasteiger partial charge in [-0.15, -0.1) is 0 Å². The summed E-state index contributed by atoms with van der Waals surface area (Å²) in [7, 11) is -2.25. The summed E-state index contributed by atoms with van der Waals surface area (Å²) < 4.78 is 66.0. The first-order chi connectivity index (χ1) is 21.5. The minimum Gasteiger partial charge on any atom is -0.455 e. The molecule has 1 atom stereocenters. The summed E-state index contributed by atoms with van der Waals surface area (Å²) in [5, 5.41) is 3.05. The number of furan rings is 1. The maximum atomic E-state index is 13.7. The third-order valence-corrected chi connectivity index (χ3v) is 8.27. The van der Waals surface area contributed by atoms with Crippen molar-refractivity contribution in [3.05, 3.63) is 95.4 Å². The van der Waals surface area contributed by atoms with Crippen LogP contribution in [-0.4, -0.2) is 56.5 Å². The number of likely N-dealkylation sites (tertiary alicyclic amines) is 1. The molecule has 0 aliphatic carbocycles. The molecule has 1 saturated heterocycles. The summed E-state index contributed by atoms with van der Waals surface area (Å²) in [6, 6.07) is 14.3. The number of hydrogen-bond acceptors (Lipinski definition) is 7. The SMILES string of the molecule is CNC(=O)c1c(-c2ccc(F)cc2)oc2cc(NS(C)(=O)=O)c([C@@H]3CCCN(C(=O)c4coc(-c5ccc(F)cc5)n4)C3)cc12. The van der Waals surface area contributed by atoms with Crippen LogP contribution < -0.4 is 10.0 Å². The number of rotatable bonds is 7. The quantitative estimate of drug-likeness (QED) is 0.232. The van der Waals surface area contributed by atoms with E-state index in [2.05, 4.69) is 15.0 Å². The van der Waals surface area contributed by atoms with Gasteiger partial charge in [0.2, 0.25) is 15.9 Å². The fourth-order valence-corrected chi connectivity index (χ4v) is 6.19. The number of sulfonamides is 1. The molecule has 3 aromatic carbocycles. The van der Waals surface area contributed by atoms with Crippen molar-refractivity contribution in [2.75, 3.05) is 31.1 Å². The molecule has 2 aromatic heterocycles. The number of carbonyl (C=O) groups excluding carboxylic acids is 2. The molecular weight excluding hydrogens is 606 g/mol. The van der Waals surface area contributed by atoms with Gasteiger partial charge in [0, 0.05) is 48.6 Å². The molecule has 0 radical (unpaired) electrons. The third kappa shape index (κ3) is 6.16. The van der Waals surface area contributed by atoms with Gasteiger partial charge in [-0.25, -0.2) is 22.2 Å². The van der Waals surface area contributed by atoms with Crippen LogP contribution in [0.15, 0.2) is 75.8 Å². The predicted molar refractivity (Wildman–Crippen MR) is 163 cm³/mol. The van der Waals surface area contributed by atoms with E-state index >= 15 is 0 Å². The highest BCUT2D eigenvalue weighted by Gasteiger charge is 2.31. The highest BCUT2D eigenvalue weighted by Crippen LogP contribution is 2.41. The van der Waals surface area contributed by atoms with Gasteiger partial charge in [0.15, 0.2) is 5.69 Å². The van der Waals surface area contributed by atoms with Crippen LogP contribution in [0.2, 0.25) is 0 Å². The zero-order valence-corrected chi connectivity index (χ0v) is 25.1. The Bertz CT molecular complexity index is 2020. The summed E-state index contributed by atoms with van der Waals surface area (Å²) in [6.45, 7) is 0.675. The van der Waals surface area contributed by atoms with Crippen molar-refractivity contribution in [1.29, 1.82) is 0 Å². The van der Waals surface area contributed by atoms with Crippen molar-refractivity contribution in [3.63, 3.8) is 0 Å². The first kappa shape index (κ1) is 30.0. The number of piperidine rings is 1. The molecule has 3 heterocycles. The molecule has 0 unspecified atom stereocenters. The van der Waals surface area contributed by atoms with Gasteiger partial charge in [-0.1, -0.05) is 0 Å². The topological polar surface area (TPSA) is 135 Å². The zero-order valence-electron chi connectivity index (χ0n) is 24.3. The van der Waals surface area contributed by atoms with Crippen molar-refractivity contribution in [2.45, 2.75) is 18.8 Å². The lowest BCUT2D eigenvalue weighted by Gasteiger charge is -2.33. The van der Waals surface area contributed by atoms with Crippen LogP contribution in [0.1, 0.15) is 45.2 Å². The fourth-order valence-electron chi connectivity index (χ4n) is 5.61. The van der Waals surface area contributed by atoms with Gasteiger partial charge in [0.25, 0.3) is 11.8 Å². The Hall–Kier alpha value is -5.04. The maximum absolute atomic E-state index is 13.7. The van der Waals surface area contributed by atoms with Crippen LogP contribution in [0.25, 0.3) is 33.7 Å². The van der Waals surface area contributed by atoms with Gasteiger partial charge in [-0.05, 0) is 73.0 Å². The van der Waals surface area contributed by atoms with E-state index in [9.17, 15) is 26.8 Å². The lowest BCUT2D eigenvalue weighted by molar-refractivity contribution is 0.0701. The van der Waals surface area contributed by atoms with Crippen LogP contribution in [0.4, 0.5) is 14.5 Å². The summed E-state index contributed by atoms with van der Waals surface area (Å²) >= 11 is 0. The molecule has 13 heteroatoms. The largest absolute Gasteiger partial charge is 0.455 e. The highest BCUT2D eigenvalue weighted by atomic mass is 32.2. The van der Waals surface area contributed by atoms with Crippen LogP contribution in [-0.2, 0) is 10.0 Å². The highest BCUT2D eigenvalue weighted by molar-refractivity contribution is 7.92. The number of aromatic nitrogens is 1. The summed E-state index contributed by atoms with van der Waals surface area (Å²) in [5.41, 5.74) is 2.37. The van der Waals surface area contributed by atoms with Gasteiger partial charge in [0.05, 0.1) is 17.5 Å². The predicted octanol–water partition coefficient (Wildman–Crippen LogP) is 5.78. The number of hydrogen-bond donors (Lipinski definition) is 2. The maximum Gasteiger partial charge on any atom is 0.275 e. The number of nitrogens with one attached hydrogen (secondary N) is 2. The van der Waals surface area contributed by atoms with Crippen molar-refractivity contribution < 1.29 is 35.6 Å². The second-order valence-electron chi connectivity index (χ2n) is 10.8. The Balaban J connectivity index is 1.38. The van der Waals surface area contributed by atoms with Crippen LogP contribution >= 0.6 is 0 Å². The average molecular weight is 635 g/mol. The standard InChI is InChI=1S/C32H28F2N4O6S/c1-35-30(39)28-24-14-23(25(37-45(2,41)42)15-27(24)44-29(28)18-5-9-21(33)10-6-18)20-4-3-13-38(16-20)32(40)26-17-43-31(36-26)19-7-11-22(34)12-8-19/h5-12,14-15,17,20,37H,3-4,13,16H2,1-2H3,(H,35,39)/t20-/m1/s1. The van der Waals surface area contributed by atoms with E-state index in [-0.39, 0.29) is 52.5 Å². The van der Waals surface area contributed by atoms with Crippen LogP contribution in [0.5, 0.6) is 0 Å². The lowest BCUT2D eigenvalue weighted by atomic mass is 9.88. The fraction of sp³-hybridized carbons (Fsp3) is 0.219. The number of oxazole rings is 1. The van der Waals surface area contributed by atoms with Crippen LogP contribution in [0.3, 0.4) is 0 Å². The molecular formula is C32H28F2N4O6S. The average Bonchev–Trinajstić information content (AvgIpc) is 3.65. The molecule has 6 rings (SSSR count). The van der Waals surface area contributed by atoms with Crippen molar-refractivity contribution in [1.82, 2.24) is 15.2 Å². The molecule has 2 N–H and O–H groups in total. The molecule has 2 amide bonds. The minimum absolute atomic E-state index is 0.0839.